The molecule has 0 amide bonds. The molecule has 2 fully saturated rings. The van der Waals surface area contributed by atoms with Crippen LogP contribution in [0.4, 0.5) is 0 Å². The fourth-order valence-electron chi connectivity index (χ4n) is 8.35. The number of nitrogens with zero attached hydrogens (tertiary/aromatic N) is 3. The van der Waals surface area contributed by atoms with Crippen LogP contribution in [0.3, 0.4) is 0 Å². The number of hydrogen-bond donors (Lipinski definition) is 2. The van der Waals surface area contributed by atoms with Crippen molar-refractivity contribution in [1.82, 2.24) is 9.80 Å². The lowest BCUT2D eigenvalue weighted by Crippen LogP contribution is -2.74. The maximum absolute atomic E-state index is 11.6. The number of aryl methyl sites for hydroxylation is 1. The largest absolute Gasteiger partial charge is 0.504 e. The maximum Gasteiger partial charge on any atom is 0.231 e. The number of methoxy groups -OCH3 is 1. The summed E-state index contributed by atoms with van der Waals surface area (Å²) in [6.07, 6.45) is 3.04. The maximum atomic E-state index is 11.6. The summed E-state index contributed by atoms with van der Waals surface area (Å²) >= 11 is 0. The van der Waals surface area contributed by atoms with Gasteiger partial charge in [0.2, 0.25) is 6.79 Å². The molecule has 0 radical (unpaired) electrons. The van der Waals surface area contributed by atoms with E-state index >= 15 is 0 Å². The highest BCUT2D eigenvalue weighted by Gasteiger charge is 2.69. The highest BCUT2D eigenvalue weighted by Crippen LogP contribution is 2.67. The molecule has 212 valence electrons. The van der Waals surface area contributed by atoms with Crippen LogP contribution >= 0.6 is 0 Å². The van der Waals surface area contributed by atoms with Crippen LogP contribution in [0.25, 0.3) is 0 Å². The van der Waals surface area contributed by atoms with Gasteiger partial charge in [0.15, 0.2) is 23.0 Å². The fraction of sp³-hybridized carbons (Fsp3) is 0.516. The van der Waals surface area contributed by atoms with Crippen molar-refractivity contribution in [2.45, 2.75) is 76.8 Å². The van der Waals surface area contributed by atoms with Gasteiger partial charge in [-0.2, -0.15) is 5.26 Å². The summed E-state index contributed by atoms with van der Waals surface area (Å²) in [6, 6.07) is 3.34. The molecule has 0 spiro atoms. The molecule has 0 aliphatic carbocycles. The van der Waals surface area contributed by atoms with Crippen LogP contribution in [0.1, 0.15) is 66.2 Å². The first-order chi connectivity index (χ1) is 18.8. The second-order valence-corrected chi connectivity index (χ2v) is 11.4. The predicted molar refractivity (Wildman–Crippen MR) is 148 cm³/mol. The molecule has 0 bridgehead atoms. The van der Waals surface area contributed by atoms with Crippen LogP contribution in [0.15, 0.2) is 18.7 Å². The Hall–Kier alpha value is -3.45. The monoisotopic (exact) mass is 547 g/mol. The number of aliphatic hydroxyl groups excluding tert-OH is 1. The van der Waals surface area contributed by atoms with E-state index in [1.807, 2.05) is 13.8 Å². The van der Waals surface area contributed by atoms with Gasteiger partial charge in [0.25, 0.3) is 0 Å². The van der Waals surface area contributed by atoms with Crippen LogP contribution in [-0.2, 0) is 12.0 Å². The van der Waals surface area contributed by atoms with E-state index < -0.39 is 12.1 Å². The Balaban J connectivity index is 0.00000289. The molecule has 40 heavy (non-hydrogen) atoms. The Morgan fingerprint density at radius 2 is 1.98 bits per heavy atom. The van der Waals surface area contributed by atoms with Gasteiger partial charge in [0.05, 0.1) is 31.9 Å². The zero-order valence-electron chi connectivity index (χ0n) is 22.7. The zero-order chi connectivity index (χ0) is 27.4. The lowest BCUT2D eigenvalue weighted by Gasteiger charge is -2.65. The molecule has 5 aliphatic rings. The minimum absolute atomic E-state index is 0. The topological polar surface area (TPSA) is 108 Å². The van der Waals surface area contributed by atoms with E-state index in [1.165, 1.54) is 0 Å². The molecule has 0 saturated carbocycles. The van der Waals surface area contributed by atoms with E-state index in [0.717, 1.165) is 39.8 Å². The standard InChI is InChI=1S/C30H33N3O6.CH4/c1-6-7-37-27-15(3)28-29(39-13-38-28)22-16(27)9-18-24-23-17(8-14(2)26(36-5)25(23)35)30(4)10-19(33(24)30)20(11-31)32(18)21(22)12-34;/h6,8,18-21,24,34-35H,1,7,9-10,12-13H2,2-5H3;1H4/t18-,19-,20-,21-,24-,30?;/m0./s1. The summed E-state index contributed by atoms with van der Waals surface area (Å²) in [5, 5.41) is 33.1. The highest BCUT2D eigenvalue weighted by molar-refractivity contribution is 5.67. The number of benzene rings is 2. The van der Waals surface area contributed by atoms with E-state index in [-0.39, 0.29) is 50.2 Å². The number of hydrogen-bond acceptors (Lipinski definition) is 9. The zero-order valence-corrected chi connectivity index (χ0v) is 22.7. The molecule has 2 saturated heterocycles. The summed E-state index contributed by atoms with van der Waals surface area (Å²) in [7, 11) is 1.58. The number of phenolic OH excluding ortho intramolecular Hbond substituents is 1. The van der Waals surface area contributed by atoms with Gasteiger partial charge in [-0.25, -0.2) is 0 Å². The first-order valence-electron chi connectivity index (χ1n) is 13.5. The summed E-state index contributed by atoms with van der Waals surface area (Å²) in [6.45, 7) is 10.1. The molecule has 2 aromatic carbocycles. The summed E-state index contributed by atoms with van der Waals surface area (Å²) < 4.78 is 23.7. The van der Waals surface area contributed by atoms with Crippen molar-refractivity contribution in [3.05, 3.63) is 52.1 Å². The van der Waals surface area contributed by atoms with Crippen LogP contribution in [0.5, 0.6) is 28.7 Å². The van der Waals surface area contributed by atoms with E-state index in [9.17, 15) is 15.5 Å². The van der Waals surface area contributed by atoms with Crippen LogP contribution in [0, 0.1) is 25.2 Å². The van der Waals surface area contributed by atoms with Crippen LogP contribution in [0.2, 0.25) is 0 Å². The molecule has 0 aromatic heterocycles. The van der Waals surface area contributed by atoms with E-state index in [4.69, 9.17) is 18.9 Å². The average Bonchev–Trinajstić information content (AvgIpc) is 3.48. The number of aliphatic hydroxyl groups is 1. The highest BCUT2D eigenvalue weighted by atomic mass is 16.7. The molecular formula is C31H37N3O6. The number of piperazine rings is 1. The van der Waals surface area contributed by atoms with E-state index in [1.54, 1.807) is 13.2 Å². The second-order valence-electron chi connectivity index (χ2n) is 11.4. The van der Waals surface area contributed by atoms with Gasteiger partial charge in [-0.3, -0.25) is 9.80 Å². The van der Waals surface area contributed by atoms with Gasteiger partial charge >= 0.3 is 0 Å². The van der Waals surface area contributed by atoms with Gasteiger partial charge < -0.3 is 29.2 Å². The fourth-order valence-corrected chi connectivity index (χ4v) is 8.35. The van der Waals surface area contributed by atoms with Gasteiger partial charge in [-0.15, -0.1) is 0 Å². The van der Waals surface area contributed by atoms with Gasteiger partial charge in [-0.05, 0) is 50.8 Å². The Morgan fingerprint density at radius 1 is 1.23 bits per heavy atom. The Kier molecular flexibility index (Phi) is 6.04. The predicted octanol–water partition coefficient (Wildman–Crippen LogP) is 4.16. The first kappa shape index (κ1) is 26.8. The number of aromatic hydroxyl groups is 1. The van der Waals surface area contributed by atoms with Crippen molar-refractivity contribution in [1.29, 1.82) is 5.26 Å². The average molecular weight is 548 g/mol. The number of ether oxygens (including phenoxy) is 4. The molecule has 5 aliphatic heterocycles. The number of nitriles is 1. The third-order valence-corrected chi connectivity index (χ3v) is 9.72. The quantitative estimate of drug-likeness (QED) is 0.534. The SMILES string of the molecule is C.C=CCOc1c(C)c2c(c3c1C[C@H]1[C@H]4c5c(cc(C)c(OC)c5O)C5(C)C[C@@H]([C@H](C#N)N1[C@H]3CO)N45)OCO2. The molecule has 5 heterocycles. The van der Waals surface area contributed by atoms with E-state index in [0.29, 0.717) is 36.0 Å². The van der Waals surface area contributed by atoms with Crippen molar-refractivity contribution in [2.75, 3.05) is 27.1 Å². The van der Waals surface area contributed by atoms with E-state index in [2.05, 4.69) is 35.4 Å². The molecule has 9 heteroatoms. The molecule has 1 unspecified atom stereocenters. The lowest BCUT2D eigenvalue weighted by molar-refractivity contribution is -0.182. The van der Waals surface area contributed by atoms with Crippen molar-refractivity contribution < 1.29 is 29.2 Å². The number of phenols is 1. The van der Waals surface area contributed by atoms with Crippen molar-refractivity contribution in [3.8, 4) is 34.8 Å². The van der Waals surface area contributed by atoms with Gasteiger partial charge in [-0.1, -0.05) is 20.1 Å². The Labute approximate surface area is 235 Å². The van der Waals surface area contributed by atoms with Crippen molar-refractivity contribution in [3.63, 3.8) is 0 Å². The summed E-state index contributed by atoms with van der Waals surface area (Å²) in [5.41, 5.74) is 5.17. The second kappa shape index (κ2) is 9.03. The third-order valence-electron chi connectivity index (χ3n) is 9.72. The van der Waals surface area contributed by atoms with Crippen LogP contribution < -0.4 is 18.9 Å². The van der Waals surface area contributed by atoms with Gasteiger partial charge in [0, 0.05) is 39.9 Å². The summed E-state index contributed by atoms with van der Waals surface area (Å²) in [5.74, 6) is 2.60. The Morgan fingerprint density at radius 3 is 2.65 bits per heavy atom. The Bertz CT molecular complexity index is 1470. The number of fused-ring (bicyclic) bond motifs is 8. The minimum atomic E-state index is -0.502. The normalized spacial score (nSPS) is 30.6. The third kappa shape index (κ3) is 3.02. The van der Waals surface area contributed by atoms with Crippen LogP contribution in [-0.4, -0.2) is 65.3 Å². The molecule has 6 atom stereocenters. The van der Waals surface area contributed by atoms with Crippen molar-refractivity contribution >= 4 is 0 Å². The first-order valence-corrected chi connectivity index (χ1v) is 13.5. The molecular weight excluding hydrogens is 510 g/mol. The van der Waals surface area contributed by atoms with Crippen molar-refractivity contribution in [2.24, 2.45) is 0 Å². The molecule has 9 nitrogen and oxygen atoms in total. The lowest BCUT2D eigenvalue weighted by atomic mass is 9.70. The minimum Gasteiger partial charge on any atom is -0.504 e. The molecule has 2 aromatic rings. The van der Waals surface area contributed by atoms with Gasteiger partial charge in [0.1, 0.15) is 18.4 Å². The number of rotatable bonds is 5. The summed E-state index contributed by atoms with van der Waals surface area (Å²) in [4.78, 5) is 4.60. The molecule has 2 N–H and O–H groups in total. The smallest absolute Gasteiger partial charge is 0.231 e. The molecule has 7 rings (SSSR count).